The van der Waals surface area contributed by atoms with Gasteiger partial charge in [-0.1, -0.05) is 0 Å². The van der Waals surface area contributed by atoms with E-state index in [4.69, 9.17) is 9.84 Å². The number of ether oxygens (including phenoxy) is 1. The second-order valence-corrected chi connectivity index (χ2v) is 6.51. The van der Waals surface area contributed by atoms with Crippen molar-refractivity contribution in [1.29, 1.82) is 0 Å². The normalized spacial score (nSPS) is 12.6. The fourth-order valence-electron chi connectivity index (χ4n) is 1.61. The second kappa shape index (κ2) is 6.47. The van der Waals surface area contributed by atoms with Crippen LogP contribution in [0.1, 0.15) is 25.2 Å². The number of hydrogen-bond acceptors (Lipinski definition) is 5. The van der Waals surface area contributed by atoms with Crippen molar-refractivity contribution in [2.24, 2.45) is 0 Å². The Morgan fingerprint density at radius 2 is 2.11 bits per heavy atom. The summed E-state index contributed by atoms with van der Waals surface area (Å²) in [5, 5.41) is 15.5. The number of aryl methyl sites for hydroxylation is 1. The minimum Gasteiger partial charge on any atom is -0.390 e. The first kappa shape index (κ1) is 16.1. The van der Waals surface area contributed by atoms with Crippen molar-refractivity contribution in [3.8, 4) is 0 Å². The zero-order valence-corrected chi connectivity index (χ0v) is 12.5. The van der Waals surface area contributed by atoms with Gasteiger partial charge < -0.3 is 9.84 Å². The summed E-state index contributed by atoms with van der Waals surface area (Å²) in [6.07, 6.45) is 0.0553. The van der Waals surface area contributed by atoms with Crippen LogP contribution in [0.25, 0.3) is 0 Å². The van der Waals surface area contributed by atoms with E-state index in [9.17, 15) is 8.42 Å². The largest absolute Gasteiger partial charge is 0.390 e. The molecule has 2 N–H and O–H groups in total. The number of aromatic nitrogens is 2. The molecule has 110 valence electrons. The number of aromatic amines is 1. The molecular weight excluding hydrogens is 270 g/mol. The molecule has 0 radical (unpaired) electrons. The molecule has 0 aliphatic heterocycles. The number of nitrogens with zero attached hydrogens (tertiary/aromatic N) is 2. The molecule has 7 nitrogen and oxygen atoms in total. The van der Waals surface area contributed by atoms with E-state index in [1.165, 1.54) is 11.4 Å². The summed E-state index contributed by atoms with van der Waals surface area (Å²) in [6, 6.07) is 0. The summed E-state index contributed by atoms with van der Waals surface area (Å²) in [6.45, 7) is 5.53. The molecule has 0 spiro atoms. The van der Waals surface area contributed by atoms with E-state index < -0.39 is 16.6 Å². The van der Waals surface area contributed by atoms with Crippen LogP contribution in [0.5, 0.6) is 0 Å². The third kappa shape index (κ3) is 3.75. The average molecular weight is 291 g/mol. The van der Waals surface area contributed by atoms with Gasteiger partial charge in [-0.3, -0.25) is 5.10 Å². The first-order valence-corrected chi connectivity index (χ1v) is 7.47. The Morgan fingerprint density at radius 1 is 1.47 bits per heavy atom. The molecule has 1 heterocycles. The van der Waals surface area contributed by atoms with E-state index in [1.807, 2.05) is 13.8 Å². The van der Waals surface area contributed by atoms with E-state index in [0.29, 0.717) is 12.3 Å². The van der Waals surface area contributed by atoms with Gasteiger partial charge in [0.25, 0.3) is 0 Å². The van der Waals surface area contributed by atoms with Gasteiger partial charge in [0.1, 0.15) is 10.6 Å². The monoisotopic (exact) mass is 291 g/mol. The molecule has 0 saturated carbocycles. The highest BCUT2D eigenvalue weighted by atomic mass is 32.2. The van der Waals surface area contributed by atoms with Crippen LogP contribution in [0, 0.1) is 6.92 Å². The van der Waals surface area contributed by atoms with Gasteiger partial charge >= 0.3 is 0 Å². The fourth-order valence-corrected chi connectivity index (χ4v) is 3.08. The van der Waals surface area contributed by atoms with Crippen molar-refractivity contribution >= 4 is 10.0 Å². The molecule has 0 aliphatic rings. The SMILES string of the molecule is Cc1[nH]nc(CO)c1S(=O)(=O)N(C)CCOC(C)C. The van der Waals surface area contributed by atoms with Gasteiger partial charge in [0.15, 0.2) is 0 Å². The molecule has 0 aromatic carbocycles. The zero-order chi connectivity index (χ0) is 14.6. The zero-order valence-electron chi connectivity index (χ0n) is 11.7. The summed E-state index contributed by atoms with van der Waals surface area (Å²) >= 11 is 0. The maximum atomic E-state index is 12.4. The number of aliphatic hydroxyl groups excluding tert-OH is 1. The van der Waals surface area contributed by atoms with Gasteiger partial charge in [-0.2, -0.15) is 9.40 Å². The van der Waals surface area contributed by atoms with E-state index in [0.717, 1.165) is 0 Å². The van der Waals surface area contributed by atoms with E-state index in [1.54, 1.807) is 6.92 Å². The smallest absolute Gasteiger partial charge is 0.246 e. The molecule has 0 fully saturated rings. The van der Waals surface area contributed by atoms with Crippen molar-refractivity contribution in [2.45, 2.75) is 38.4 Å². The van der Waals surface area contributed by atoms with Gasteiger partial charge in [0.05, 0.1) is 25.0 Å². The number of rotatable bonds is 7. The molecule has 1 aromatic rings. The Balaban J connectivity index is 2.87. The van der Waals surface area contributed by atoms with Crippen LogP contribution >= 0.6 is 0 Å². The van der Waals surface area contributed by atoms with E-state index in [2.05, 4.69) is 10.2 Å². The Labute approximate surface area is 113 Å². The Kier molecular flexibility index (Phi) is 5.48. The molecule has 0 unspecified atom stereocenters. The average Bonchev–Trinajstić information content (AvgIpc) is 2.70. The topological polar surface area (TPSA) is 95.5 Å². The summed E-state index contributed by atoms with van der Waals surface area (Å²) in [5.41, 5.74) is 0.551. The molecule has 1 rings (SSSR count). The number of nitrogens with one attached hydrogen (secondary N) is 1. The van der Waals surface area contributed by atoms with E-state index in [-0.39, 0.29) is 23.2 Å². The van der Waals surface area contributed by atoms with Crippen LogP contribution in [-0.4, -0.2) is 54.3 Å². The number of aliphatic hydroxyl groups is 1. The van der Waals surface area contributed by atoms with Crippen molar-refractivity contribution < 1.29 is 18.3 Å². The summed E-state index contributed by atoms with van der Waals surface area (Å²) in [5.74, 6) is 0. The van der Waals surface area contributed by atoms with Gasteiger partial charge in [0, 0.05) is 13.6 Å². The highest BCUT2D eigenvalue weighted by Gasteiger charge is 2.28. The van der Waals surface area contributed by atoms with Crippen LogP contribution in [-0.2, 0) is 21.4 Å². The lowest BCUT2D eigenvalue weighted by atomic mass is 10.4. The second-order valence-electron chi connectivity index (χ2n) is 4.53. The van der Waals surface area contributed by atoms with Crippen molar-refractivity contribution in [2.75, 3.05) is 20.2 Å². The van der Waals surface area contributed by atoms with Crippen molar-refractivity contribution in [3.05, 3.63) is 11.4 Å². The Hall–Kier alpha value is -0.960. The van der Waals surface area contributed by atoms with Crippen molar-refractivity contribution in [3.63, 3.8) is 0 Å². The molecule has 8 heteroatoms. The van der Waals surface area contributed by atoms with Crippen LogP contribution in [0.2, 0.25) is 0 Å². The van der Waals surface area contributed by atoms with Crippen LogP contribution in [0.4, 0.5) is 0 Å². The van der Waals surface area contributed by atoms with Crippen LogP contribution in [0.3, 0.4) is 0 Å². The molecule has 0 atom stereocenters. The third-order valence-corrected chi connectivity index (χ3v) is 4.70. The van der Waals surface area contributed by atoms with Gasteiger partial charge in [-0.05, 0) is 20.8 Å². The quantitative estimate of drug-likeness (QED) is 0.751. The first-order valence-electron chi connectivity index (χ1n) is 6.03. The lowest BCUT2D eigenvalue weighted by molar-refractivity contribution is 0.0737. The van der Waals surface area contributed by atoms with Crippen LogP contribution in [0.15, 0.2) is 4.90 Å². The molecule has 0 amide bonds. The Bertz CT molecular complexity index is 510. The third-order valence-electron chi connectivity index (χ3n) is 2.64. The molecule has 0 saturated heterocycles. The minimum absolute atomic E-state index is 0.0436. The minimum atomic E-state index is -3.67. The molecule has 0 aliphatic carbocycles. The maximum absolute atomic E-state index is 12.4. The predicted molar refractivity (Wildman–Crippen MR) is 70.2 cm³/mol. The lowest BCUT2D eigenvalue weighted by Gasteiger charge is -2.18. The van der Waals surface area contributed by atoms with E-state index >= 15 is 0 Å². The summed E-state index contributed by atoms with van der Waals surface area (Å²) < 4.78 is 31.3. The van der Waals surface area contributed by atoms with Crippen LogP contribution < -0.4 is 0 Å². The highest BCUT2D eigenvalue weighted by molar-refractivity contribution is 7.89. The number of sulfonamides is 1. The maximum Gasteiger partial charge on any atom is 0.246 e. The molecular formula is C11H21N3O4S. The molecule has 1 aromatic heterocycles. The number of hydrogen-bond donors (Lipinski definition) is 2. The summed E-state index contributed by atoms with van der Waals surface area (Å²) in [7, 11) is -2.19. The number of likely N-dealkylation sites (N-methyl/N-ethyl adjacent to an activating group) is 1. The molecule has 19 heavy (non-hydrogen) atoms. The molecule has 0 bridgehead atoms. The standard InChI is InChI=1S/C11H21N3O4S/c1-8(2)18-6-5-14(4)19(16,17)11-9(3)12-13-10(11)7-15/h8,15H,5-7H2,1-4H3,(H,12,13). The van der Waals surface area contributed by atoms with Gasteiger partial charge in [-0.15, -0.1) is 0 Å². The predicted octanol–water partition coefficient (Wildman–Crippen LogP) is 0.256. The number of H-pyrrole nitrogens is 1. The van der Waals surface area contributed by atoms with Crippen molar-refractivity contribution in [1.82, 2.24) is 14.5 Å². The fraction of sp³-hybridized carbons (Fsp3) is 0.727. The van der Waals surface area contributed by atoms with Gasteiger partial charge in [-0.25, -0.2) is 8.42 Å². The summed E-state index contributed by atoms with van der Waals surface area (Å²) in [4.78, 5) is 0.0436. The highest BCUT2D eigenvalue weighted by Crippen LogP contribution is 2.21. The van der Waals surface area contributed by atoms with Gasteiger partial charge in [0.2, 0.25) is 10.0 Å². The first-order chi connectivity index (χ1) is 8.80. The lowest BCUT2D eigenvalue weighted by Crippen LogP contribution is -2.31. The Morgan fingerprint density at radius 3 is 2.63 bits per heavy atom.